The van der Waals surface area contributed by atoms with Crippen LogP contribution < -0.4 is 4.74 Å². The fourth-order valence-corrected chi connectivity index (χ4v) is 2.56. The molecule has 2 rings (SSSR count). The van der Waals surface area contributed by atoms with E-state index in [1.807, 2.05) is 0 Å². The fraction of sp³-hybridized carbons (Fsp3) is 0.538. The van der Waals surface area contributed by atoms with Crippen molar-refractivity contribution in [1.82, 2.24) is 4.90 Å². The molecule has 1 heterocycles. The number of likely N-dealkylation sites (tertiary alicyclic amines) is 1. The Hall–Kier alpha value is -0.480. The van der Waals surface area contributed by atoms with Crippen molar-refractivity contribution in [3.05, 3.63) is 28.2 Å². The van der Waals surface area contributed by atoms with Gasteiger partial charge in [-0.25, -0.2) is 0 Å². The van der Waals surface area contributed by atoms with Crippen LogP contribution in [0.5, 0.6) is 5.75 Å². The summed E-state index contributed by atoms with van der Waals surface area (Å²) in [6.45, 7) is 3.04. The van der Waals surface area contributed by atoms with E-state index in [1.165, 1.54) is 12.8 Å². The van der Waals surface area contributed by atoms with E-state index in [1.54, 1.807) is 18.2 Å². The van der Waals surface area contributed by atoms with Crippen LogP contribution in [-0.2, 0) is 0 Å². The average Bonchev–Trinajstić information content (AvgIpc) is 2.80. The zero-order chi connectivity index (χ0) is 13.0. The van der Waals surface area contributed by atoms with Crippen molar-refractivity contribution < 1.29 is 9.84 Å². The highest BCUT2D eigenvalue weighted by Gasteiger charge is 2.16. The monoisotopic (exact) mass is 289 g/mol. The minimum absolute atomic E-state index is 0.248. The minimum Gasteiger partial charge on any atom is -0.489 e. The molecular formula is C13H17Cl2NO2. The van der Waals surface area contributed by atoms with Crippen molar-refractivity contribution in [3.63, 3.8) is 0 Å². The van der Waals surface area contributed by atoms with Gasteiger partial charge in [0.2, 0.25) is 0 Å². The third-order valence-electron chi connectivity index (χ3n) is 2.99. The molecule has 0 spiro atoms. The Balaban J connectivity index is 1.79. The van der Waals surface area contributed by atoms with Gasteiger partial charge < -0.3 is 14.7 Å². The number of hydrogen-bond donors (Lipinski definition) is 1. The van der Waals surface area contributed by atoms with Gasteiger partial charge in [0.1, 0.15) is 18.5 Å². The Morgan fingerprint density at radius 3 is 2.67 bits per heavy atom. The van der Waals surface area contributed by atoms with Gasteiger partial charge in [0.15, 0.2) is 0 Å². The molecule has 18 heavy (non-hydrogen) atoms. The van der Waals surface area contributed by atoms with Crippen molar-refractivity contribution in [2.45, 2.75) is 18.9 Å². The van der Waals surface area contributed by atoms with Crippen LogP contribution in [0.1, 0.15) is 12.8 Å². The van der Waals surface area contributed by atoms with E-state index in [9.17, 15) is 5.11 Å². The maximum absolute atomic E-state index is 9.88. The summed E-state index contributed by atoms with van der Waals surface area (Å²) >= 11 is 11.8. The molecule has 0 radical (unpaired) electrons. The highest BCUT2D eigenvalue weighted by atomic mass is 35.5. The van der Waals surface area contributed by atoms with E-state index < -0.39 is 6.10 Å². The van der Waals surface area contributed by atoms with E-state index >= 15 is 0 Å². The highest BCUT2D eigenvalue weighted by molar-refractivity contribution is 6.35. The summed E-state index contributed by atoms with van der Waals surface area (Å²) in [6.07, 6.45) is 1.95. The lowest BCUT2D eigenvalue weighted by atomic mass is 10.3. The zero-order valence-electron chi connectivity index (χ0n) is 10.1. The van der Waals surface area contributed by atoms with Crippen molar-refractivity contribution in [2.24, 2.45) is 0 Å². The molecular weight excluding hydrogens is 273 g/mol. The van der Waals surface area contributed by atoms with E-state index in [2.05, 4.69) is 4.90 Å². The summed E-state index contributed by atoms with van der Waals surface area (Å²) in [4.78, 5) is 2.25. The molecule has 1 fully saturated rings. The Labute approximate surface area is 117 Å². The number of rotatable bonds is 5. The Kier molecular flexibility index (Phi) is 5.13. The first kappa shape index (κ1) is 13.9. The lowest BCUT2D eigenvalue weighted by molar-refractivity contribution is 0.0759. The molecule has 1 unspecified atom stereocenters. The van der Waals surface area contributed by atoms with Crippen molar-refractivity contribution in [2.75, 3.05) is 26.2 Å². The molecule has 0 aromatic heterocycles. The van der Waals surface area contributed by atoms with Gasteiger partial charge in [0.05, 0.1) is 5.02 Å². The highest BCUT2D eigenvalue weighted by Crippen LogP contribution is 2.27. The number of hydrogen-bond acceptors (Lipinski definition) is 3. The lowest BCUT2D eigenvalue weighted by Crippen LogP contribution is -2.33. The number of halogens is 2. The predicted molar refractivity (Wildman–Crippen MR) is 73.6 cm³/mol. The molecule has 100 valence electrons. The van der Waals surface area contributed by atoms with Crippen LogP contribution >= 0.6 is 23.2 Å². The second kappa shape index (κ2) is 6.62. The van der Waals surface area contributed by atoms with Crippen LogP contribution in [0.25, 0.3) is 0 Å². The summed E-state index contributed by atoms with van der Waals surface area (Å²) in [7, 11) is 0. The quantitative estimate of drug-likeness (QED) is 0.905. The van der Waals surface area contributed by atoms with Crippen LogP contribution in [0, 0.1) is 0 Å². The van der Waals surface area contributed by atoms with Crippen LogP contribution in [0.2, 0.25) is 10.0 Å². The second-order valence-electron chi connectivity index (χ2n) is 4.55. The normalized spacial score (nSPS) is 17.9. The molecule has 0 aliphatic carbocycles. The molecule has 1 aromatic carbocycles. The molecule has 0 bridgehead atoms. The third kappa shape index (κ3) is 4.02. The third-order valence-corrected chi connectivity index (χ3v) is 3.52. The SMILES string of the molecule is OC(COc1ccc(Cl)cc1Cl)CN1CCCC1. The Bertz CT molecular complexity index is 395. The van der Waals surface area contributed by atoms with Gasteiger partial charge in [-0.1, -0.05) is 23.2 Å². The first-order valence-electron chi connectivity index (χ1n) is 6.13. The van der Waals surface area contributed by atoms with Gasteiger partial charge in [-0.05, 0) is 44.1 Å². The Morgan fingerprint density at radius 1 is 1.28 bits per heavy atom. The van der Waals surface area contributed by atoms with Crippen LogP contribution in [-0.4, -0.2) is 42.4 Å². The predicted octanol–water partition coefficient (Wildman–Crippen LogP) is 2.83. The van der Waals surface area contributed by atoms with Gasteiger partial charge in [-0.2, -0.15) is 0 Å². The number of aliphatic hydroxyl groups excluding tert-OH is 1. The topological polar surface area (TPSA) is 32.7 Å². The standard InChI is InChI=1S/C13H17Cl2NO2/c14-10-3-4-13(12(15)7-10)18-9-11(17)8-16-5-1-2-6-16/h3-4,7,11,17H,1-2,5-6,8-9H2. The molecule has 1 N–H and O–H groups in total. The number of nitrogens with zero attached hydrogens (tertiary/aromatic N) is 1. The van der Waals surface area contributed by atoms with Gasteiger partial charge in [-0.15, -0.1) is 0 Å². The van der Waals surface area contributed by atoms with Gasteiger partial charge in [0.25, 0.3) is 0 Å². The van der Waals surface area contributed by atoms with Gasteiger partial charge in [0, 0.05) is 11.6 Å². The van der Waals surface area contributed by atoms with Crippen molar-refractivity contribution in [1.29, 1.82) is 0 Å². The summed E-state index contributed by atoms with van der Waals surface area (Å²) in [5, 5.41) is 10.9. The van der Waals surface area contributed by atoms with Crippen LogP contribution in [0.3, 0.4) is 0 Å². The molecule has 1 aliphatic heterocycles. The molecule has 5 heteroatoms. The number of β-amino-alcohol motifs (C(OH)–C–C–N with tert-alkyl or cyclic N) is 1. The number of benzene rings is 1. The number of ether oxygens (including phenoxy) is 1. The van der Waals surface area contributed by atoms with E-state index in [4.69, 9.17) is 27.9 Å². The second-order valence-corrected chi connectivity index (χ2v) is 5.39. The van der Waals surface area contributed by atoms with Crippen LogP contribution in [0.15, 0.2) is 18.2 Å². The van der Waals surface area contributed by atoms with Crippen molar-refractivity contribution in [3.8, 4) is 5.75 Å². The average molecular weight is 290 g/mol. The molecule has 1 aliphatic rings. The number of aliphatic hydroxyl groups is 1. The molecule has 1 aromatic rings. The molecule has 0 saturated carbocycles. The lowest BCUT2D eigenvalue weighted by Gasteiger charge is -2.19. The minimum atomic E-state index is -0.491. The summed E-state index contributed by atoms with van der Waals surface area (Å²) < 4.78 is 5.50. The summed E-state index contributed by atoms with van der Waals surface area (Å²) in [5.74, 6) is 0.557. The van der Waals surface area contributed by atoms with E-state index in [-0.39, 0.29) is 6.61 Å². The smallest absolute Gasteiger partial charge is 0.138 e. The van der Waals surface area contributed by atoms with Crippen LogP contribution in [0.4, 0.5) is 0 Å². The zero-order valence-corrected chi connectivity index (χ0v) is 11.6. The fourth-order valence-electron chi connectivity index (χ4n) is 2.09. The molecule has 3 nitrogen and oxygen atoms in total. The first-order chi connectivity index (χ1) is 8.65. The van der Waals surface area contributed by atoms with E-state index in [0.717, 1.165) is 13.1 Å². The summed E-state index contributed by atoms with van der Waals surface area (Å²) in [5.41, 5.74) is 0. The van der Waals surface area contributed by atoms with Crippen molar-refractivity contribution >= 4 is 23.2 Å². The molecule has 1 saturated heterocycles. The maximum Gasteiger partial charge on any atom is 0.138 e. The van der Waals surface area contributed by atoms with Gasteiger partial charge >= 0.3 is 0 Å². The first-order valence-corrected chi connectivity index (χ1v) is 6.89. The summed E-state index contributed by atoms with van der Waals surface area (Å²) in [6, 6.07) is 5.06. The Morgan fingerprint density at radius 2 is 2.00 bits per heavy atom. The van der Waals surface area contributed by atoms with Gasteiger partial charge in [-0.3, -0.25) is 0 Å². The maximum atomic E-state index is 9.88. The van der Waals surface area contributed by atoms with E-state index in [0.29, 0.717) is 22.3 Å². The largest absolute Gasteiger partial charge is 0.489 e. The molecule has 1 atom stereocenters. The molecule has 0 amide bonds.